The molecule has 0 atom stereocenters. The predicted molar refractivity (Wildman–Crippen MR) is 125 cm³/mol. The van der Waals surface area contributed by atoms with Crippen molar-refractivity contribution in [3.63, 3.8) is 0 Å². The fourth-order valence-electron chi connectivity index (χ4n) is 2.98. The molecule has 0 saturated heterocycles. The zero-order valence-electron chi connectivity index (χ0n) is 18.2. The highest BCUT2D eigenvalue weighted by Gasteiger charge is 2.12. The van der Waals surface area contributed by atoms with E-state index in [4.69, 9.17) is 4.74 Å². The number of aryl methyl sites for hydroxylation is 1. The van der Waals surface area contributed by atoms with Crippen molar-refractivity contribution >= 4 is 29.3 Å². The molecule has 0 aliphatic heterocycles. The Hall–Kier alpha value is -4.44. The number of rotatable bonds is 7. The number of nitrogens with one attached hydrogen (secondary N) is 2. The Morgan fingerprint density at radius 2 is 1.73 bits per heavy atom. The number of nitriles is 1. The highest BCUT2D eigenvalue weighted by molar-refractivity contribution is 6.10. The second-order valence-electron chi connectivity index (χ2n) is 7.26. The van der Waals surface area contributed by atoms with Crippen LogP contribution in [0.25, 0.3) is 6.08 Å². The third kappa shape index (κ3) is 6.28. The summed E-state index contributed by atoms with van der Waals surface area (Å²) in [4.78, 5) is 24.6. The number of carbonyl (C=O) groups is 2. The molecule has 0 spiro atoms. The molecule has 0 bridgehead atoms. The maximum Gasteiger partial charge on any atom is 0.266 e. The third-order valence-electron chi connectivity index (χ3n) is 4.90. The van der Waals surface area contributed by atoms with Crippen molar-refractivity contribution < 1.29 is 18.7 Å². The minimum Gasteiger partial charge on any atom is -0.484 e. The summed E-state index contributed by atoms with van der Waals surface area (Å²) in [6, 6.07) is 19.9. The second-order valence-corrected chi connectivity index (χ2v) is 7.26. The van der Waals surface area contributed by atoms with E-state index < -0.39 is 17.6 Å². The van der Waals surface area contributed by atoms with Gasteiger partial charge in [0.2, 0.25) is 0 Å². The first-order valence-electron chi connectivity index (χ1n) is 10.1. The third-order valence-corrected chi connectivity index (χ3v) is 4.90. The van der Waals surface area contributed by atoms with E-state index in [2.05, 4.69) is 10.6 Å². The normalized spacial score (nSPS) is 10.8. The Labute approximate surface area is 191 Å². The molecule has 2 N–H and O–H groups in total. The van der Waals surface area contributed by atoms with Crippen LogP contribution < -0.4 is 15.4 Å². The maximum absolute atomic E-state index is 13.6. The van der Waals surface area contributed by atoms with Gasteiger partial charge in [0.15, 0.2) is 6.61 Å². The first-order valence-corrected chi connectivity index (χ1v) is 10.1. The van der Waals surface area contributed by atoms with Gasteiger partial charge in [-0.3, -0.25) is 9.59 Å². The van der Waals surface area contributed by atoms with Crippen LogP contribution in [0.3, 0.4) is 0 Å². The van der Waals surface area contributed by atoms with Crippen LogP contribution in [-0.2, 0) is 9.59 Å². The molecule has 6 nitrogen and oxygen atoms in total. The van der Waals surface area contributed by atoms with Crippen molar-refractivity contribution in [2.45, 2.75) is 13.8 Å². The number of anilines is 2. The van der Waals surface area contributed by atoms with Crippen LogP contribution in [0.15, 0.2) is 72.3 Å². The van der Waals surface area contributed by atoms with Gasteiger partial charge in [0.1, 0.15) is 23.2 Å². The van der Waals surface area contributed by atoms with Gasteiger partial charge in [-0.2, -0.15) is 5.26 Å². The number of amides is 2. The molecule has 0 radical (unpaired) electrons. The van der Waals surface area contributed by atoms with E-state index >= 15 is 0 Å². The second kappa shape index (κ2) is 10.7. The van der Waals surface area contributed by atoms with Gasteiger partial charge in [-0.25, -0.2) is 4.39 Å². The van der Waals surface area contributed by atoms with E-state index in [0.717, 1.165) is 11.1 Å². The van der Waals surface area contributed by atoms with E-state index in [1.165, 1.54) is 24.3 Å². The number of para-hydroxylation sites is 1. The molecule has 7 heteroatoms. The van der Waals surface area contributed by atoms with Gasteiger partial charge in [0.05, 0.1) is 5.69 Å². The molecular formula is C26H22FN3O3. The lowest BCUT2D eigenvalue weighted by molar-refractivity contribution is -0.118. The van der Waals surface area contributed by atoms with Crippen molar-refractivity contribution in [2.24, 2.45) is 0 Å². The van der Waals surface area contributed by atoms with Gasteiger partial charge in [-0.05, 0) is 66.9 Å². The van der Waals surface area contributed by atoms with E-state index in [9.17, 15) is 19.2 Å². The van der Waals surface area contributed by atoms with Crippen molar-refractivity contribution in [3.05, 3.63) is 94.8 Å². The fourth-order valence-corrected chi connectivity index (χ4v) is 2.98. The van der Waals surface area contributed by atoms with Crippen LogP contribution in [-0.4, -0.2) is 18.4 Å². The van der Waals surface area contributed by atoms with Crippen LogP contribution in [0.2, 0.25) is 0 Å². The monoisotopic (exact) mass is 443 g/mol. The highest BCUT2D eigenvalue weighted by Crippen LogP contribution is 2.20. The molecule has 0 unspecified atom stereocenters. The van der Waals surface area contributed by atoms with Crippen LogP contribution in [0.5, 0.6) is 5.75 Å². The Bertz CT molecular complexity index is 1260. The molecule has 3 aromatic rings. The summed E-state index contributed by atoms with van der Waals surface area (Å²) in [5.41, 5.74) is 3.13. The fraction of sp³-hybridized carbons (Fsp3) is 0.115. The van der Waals surface area contributed by atoms with Crippen molar-refractivity contribution in [1.82, 2.24) is 0 Å². The van der Waals surface area contributed by atoms with E-state index in [-0.39, 0.29) is 17.9 Å². The number of hydrogen-bond donors (Lipinski definition) is 2. The molecule has 0 aliphatic rings. The quantitative estimate of drug-likeness (QED) is 0.397. The average molecular weight is 443 g/mol. The minimum absolute atomic E-state index is 0.0660. The van der Waals surface area contributed by atoms with Gasteiger partial charge in [-0.15, -0.1) is 0 Å². The van der Waals surface area contributed by atoms with Crippen molar-refractivity contribution in [3.8, 4) is 11.8 Å². The van der Waals surface area contributed by atoms with Crippen LogP contribution >= 0.6 is 0 Å². The van der Waals surface area contributed by atoms with E-state index in [1.54, 1.807) is 36.4 Å². The predicted octanol–water partition coefficient (Wildman–Crippen LogP) is 5.01. The molecule has 2 amide bonds. The lowest BCUT2D eigenvalue weighted by atomic mass is 10.1. The Balaban J connectivity index is 1.66. The molecule has 0 aromatic heterocycles. The average Bonchev–Trinajstić information content (AvgIpc) is 2.81. The minimum atomic E-state index is -0.541. The molecule has 0 heterocycles. The van der Waals surface area contributed by atoms with Crippen LogP contribution in [0.4, 0.5) is 15.8 Å². The van der Waals surface area contributed by atoms with E-state index in [1.807, 2.05) is 32.0 Å². The summed E-state index contributed by atoms with van der Waals surface area (Å²) in [6.07, 6.45) is 1.44. The first kappa shape index (κ1) is 23.2. The van der Waals surface area contributed by atoms with Crippen LogP contribution in [0.1, 0.15) is 16.7 Å². The number of hydrogen-bond acceptors (Lipinski definition) is 4. The number of benzene rings is 3. The number of nitrogens with zero attached hydrogens (tertiary/aromatic N) is 1. The molecule has 33 heavy (non-hydrogen) atoms. The molecule has 0 aliphatic carbocycles. The first-order chi connectivity index (χ1) is 15.9. The summed E-state index contributed by atoms with van der Waals surface area (Å²) >= 11 is 0. The Kier molecular flexibility index (Phi) is 7.55. The summed E-state index contributed by atoms with van der Waals surface area (Å²) in [7, 11) is 0. The smallest absolute Gasteiger partial charge is 0.266 e. The van der Waals surface area contributed by atoms with Gasteiger partial charge in [-0.1, -0.05) is 36.4 Å². The standard InChI is InChI=1S/C26H22FN3O3/c1-17-7-5-12-23(18(17)2)30-26(32)20(15-28)13-19-8-6-9-21(14-19)33-16-25(31)29-24-11-4-3-10-22(24)27/h3-14H,16H2,1-2H3,(H,29,31)(H,30,32)/b20-13-. The zero-order valence-corrected chi connectivity index (χ0v) is 18.2. The summed E-state index contributed by atoms with van der Waals surface area (Å²) in [5.74, 6) is -1.23. The Morgan fingerprint density at radius 3 is 2.48 bits per heavy atom. The maximum atomic E-state index is 13.6. The SMILES string of the molecule is Cc1cccc(NC(=O)/C(C#N)=C\c2cccc(OCC(=O)Nc3ccccc3F)c2)c1C. The van der Waals surface area contributed by atoms with Crippen molar-refractivity contribution in [2.75, 3.05) is 17.2 Å². The Morgan fingerprint density at radius 1 is 1.00 bits per heavy atom. The molecule has 0 saturated carbocycles. The van der Waals surface area contributed by atoms with Gasteiger partial charge in [0, 0.05) is 5.69 Å². The zero-order chi connectivity index (χ0) is 23.8. The molecule has 166 valence electrons. The van der Waals surface area contributed by atoms with E-state index in [0.29, 0.717) is 17.0 Å². The number of carbonyl (C=O) groups excluding carboxylic acids is 2. The highest BCUT2D eigenvalue weighted by atomic mass is 19.1. The lowest BCUT2D eigenvalue weighted by Crippen LogP contribution is -2.20. The largest absolute Gasteiger partial charge is 0.484 e. The molecule has 3 rings (SSSR count). The van der Waals surface area contributed by atoms with Gasteiger partial charge in [0.25, 0.3) is 11.8 Å². The topological polar surface area (TPSA) is 91.2 Å². The lowest BCUT2D eigenvalue weighted by Gasteiger charge is -2.10. The number of ether oxygens (including phenoxy) is 1. The summed E-state index contributed by atoms with van der Waals surface area (Å²) < 4.78 is 19.1. The summed E-state index contributed by atoms with van der Waals surface area (Å²) in [5, 5.41) is 14.7. The molecule has 0 fully saturated rings. The molecule has 3 aromatic carbocycles. The van der Waals surface area contributed by atoms with Gasteiger partial charge >= 0.3 is 0 Å². The van der Waals surface area contributed by atoms with Crippen molar-refractivity contribution in [1.29, 1.82) is 5.26 Å². The van der Waals surface area contributed by atoms with Gasteiger partial charge < -0.3 is 15.4 Å². The molecular weight excluding hydrogens is 421 g/mol. The van der Waals surface area contributed by atoms with Crippen LogP contribution in [0, 0.1) is 31.0 Å². The summed E-state index contributed by atoms with van der Waals surface area (Å²) in [6.45, 7) is 3.50. The number of halogens is 1.